The van der Waals surface area contributed by atoms with Gasteiger partial charge in [0.05, 0.1) is 12.1 Å². The number of nitrogens with zero attached hydrogens (tertiary/aromatic N) is 4. The van der Waals surface area contributed by atoms with E-state index in [0.29, 0.717) is 34.5 Å². The van der Waals surface area contributed by atoms with E-state index in [1.165, 1.54) is 0 Å². The van der Waals surface area contributed by atoms with Crippen LogP contribution in [0.25, 0.3) is 0 Å². The number of carbonyl (C=O) groups excluding carboxylic acids is 2. The fraction of sp³-hybridized carbons (Fsp3) is 0.217. The Morgan fingerprint density at radius 3 is 2.31 bits per heavy atom. The van der Waals surface area contributed by atoms with Crippen molar-refractivity contribution in [3.63, 3.8) is 0 Å². The van der Waals surface area contributed by atoms with E-state index in [0.717, 1.165) is 13.0 Å². The molecule has 9 heteroatoms. The molecule has 0 unspecified atom stereocenters. The predicted octanol–water partition coefficient (Wildman–Crippen LogP) is 3.88. The summed E-state index contributed by atoms with van der Waals surface area (Å²) < 4.78 is 0. The van der Waals surface area contributed by atoms with E-state index in [-0.39, 0.29) is 24.0 Å². The lowest BCUT2D eigenvalue weighted by Gasteiger charge is -2.34. The summed E-state index contributed by atoms with van der Waals surface area (Å²) in [6, 6.07) is 15.8. The van der Waals surface area contributed by atoms with Crippen molar-refractivity contribution in [1.29, 1.82) is 0 Å². The molecule has 0 saturated carbocycles. The molecule has 3 amide bonds. The zero-order chi connectivity index (χ0) is 22.1. The highest BCUT2D eigenvalue weighted by molar-refractivity contribution is 6.30. The van der Waals surface area contributed by atoms with Crippen LogP contribution in [0.15, 0.2) is 67.0 Å². The molecule has 5 rings (SSSR count). The summed E-state index contributed by atoms with van der Waals surface area (Å²) in [5.41, 5.74) is 1.72. The molecular weight excluding hydrogens is 428 g/mol. The highest BCUT2D eigenvalue weighted by atomic mass is 35.5. The van der Waals surface area contributed by atoms with Crippen LogP contribution in [0.5, 0.6) is 0 Å². The molecule has 2 aliphatic heterocycles. The average Bonchev–Trinajstić information content (AvgIpc) is 3.42. The summed E-state index contributed by atoms with van der Waals surface area (Å²) >= 11 is 5.88. The van der Waals surface area contributed by atoms with Gasteiger partial charge in [-0.15, -0.1) is 0 Å². The highest BCUT2D eigenvalue weighted by Crippen LogP contribution is 2.33. The van der Waals surface area contributed by atoms with Crippen LogP contribution in [0.3, 0.4) is 0 Å². The number of halogens is 1. The van der Waals surface area contributed by atoms with Gasteiger partial charge in [0.15, 0.2) is 0 Å². The Morgan fingerprint density at radius 2 is 1.62 bits per heavy atom. The largest absolute Gasteiger partial charge is 0.334 e. The molecule has 2 atom stereocenters. The van der Waals surface area contributed by atoms with Gasteiger partial charge in [-0.05, 0) is 55.0 Å². The summed E-state index contributed by atoms with van der Waals surface area (Å²) in [6.07, 6.45) is 4.37. The number of amides is 3. The minimum atomic E-state index is -0.245. The van der Waals surface area contributed by atoms with Crippen molar-refractivity contribution in [2.45, 2.75) is 18.5 Å². The molecule has 2 aromatic carbocycles. The van der Waals surface area contributed by atoms with E-state index < -0.39 is 0 Å². The van der Waals surface area contributed by atoms with Crippen molar-refractivity contribution < 1.29 is 9.59 Å². The highest BCUT2D eigenvalue weighted by Gasteiger charge is 2.46. The second-order valence-electron chi connectivity index (χ2n) is 7.87. The van der Waals surface area contributed by atoms with Gasteiger partial charge >= 0.3 is 6.03 Å². The fourth-order valence-corrected chi connectivity index (χ4v) is 4.40. The Kier molecular flexibility index (Phi) is 5.36. The summed E-state index contributed by atoms with van der Waals surface area (Å²) in [6.45, 7) is 1.35. The van der Waals surface area contributed by atoms with Crippen molar-refractivity contribution in [2.24, 2.45) is 0 Å². The van der Waals surface area contributed by atoms with Crippen LogP contribution >= 0.6 is 11.6 Å². The standard InChI is InChI=1S/C23H21ClN6O2/c24-16-7-5-15(6-8-16)21(31)27-17-3-1-4-18(11-17)28-23(32)30-14-19-12-20(30)13-29(19)22-25-9-2-10-26-22/h1-11,19-20H,12-14H2,(H,27,31)(H,28,32)/t19-,20-/m1/s1. The zero-order valence-electron chi connectivity index (χ0n) is 17.1. The van der Waals surface area contributed by atoms with E-state index in [9.17, 15) is 9.59 Å². The van der Waals surface area contributed by atoms with Crippen molar-refractivity contribution >= 4 is 40.9 Å². The van der Waals surface area contributed by atoms with Crippen LogP contribution in [0, 0.1) is 0 Å². The first-order valence-electron chi connectivity index (χ1n) is 10.3. The molecule has 3 heterocycles. The molecule has 0 aliphatic carbocycles. The lowest BCUT2D eigenvalue weighted by molar-refractivity contribution is 0.102. The van der Waals surface area contributed by atoms with Crippen LogP contribution in [0.1, 0.15) is 16.8 Å². The normalized spacial score (nSPS) is 19.2. The Bertz CT molecular complexity index is 1140. The molecule has 32 heavy (non-hydrogen) atoms. The molecule has 2 N–H and O–H groups in total. The number of hydrogen-bond acceptors (Lipinski definition) is 5. The number of benzene rings is 2. The van der Waals surface area contributed by atoms with Crippen LogP contribution in [-0.2, 0) is 0 Å². The molecule has 8 nitrogen and oxygen atoms in total. The van der Waals surface area contributed by atoms with Gasteiger partial charge in [-0.2, -0.15) is 0 Å². The number of piperazine rings is 1. The van der Waals surface area contributed by atoms with Crippen molar-refractivity contribution in [2.75, 3.05) is 28.6 Å². The maximum atomic E-state index is 12.9. The van der Waals surface area contributed by atoms with Gasteiger partial charge in [0.25, 0.3) is 5.91 Å². The quantitative estimate of drug-likeness (QED) is 0.632. The van der Waals surface area contributed by atoms with Crippen LogP contribution in [0.2, 0.25) is 5.02 Å². The number of hydrogen-bond donors (Lipinski definition) is 2. The van der Waals surface area contributed by atoms with Crippen LogP contribution in [-0.4, -0.2) is 52.0 Å². The van der Waals surface area contributed by atoms with Gasteiger partial charge in [0, 0.05) is 47.4 Å². The van der Waals surface area contributed by atoms with E-state index in [1.807, 2.05) is 4.90 Å². The van der Waals surface area contributed by atoms with Crippen molar-refractivity contribution in [1.82, 2.24) is 14.9 Å². The van der Waals surface area contributed by atoms with Gasteiger partial charge < -0.3 is 20.4 Å². The van der Waals surface area contributed by atoms with Gasteiger partial charge in [-0.1, -0.05) is 17.7 Å². The second-order valence-corrected chi connectivity index (χ2v) is 8.31. The lowest BCUT2D eigenvalue weighted by Crippen LogP contribution is -2.50. The average molecular weight is 449 g/mol. The monoisotopic (exact) mass is 448 g/mol. The Morgan fingerprint density at radius 1 is 0.906 bits per heavy atom. The topological polar surface area (TPSA) is 90.5 Å². The summed E-state index contributed by atoms with van der Waals surface area (Å²) in [5, 5.41) is 6.37. The van der Waals surface area contributed by atoms with Crippen LogP contribution < -0.4 is 15.5 Å². The molecule has 3 aromatic rings. The molecular formula is C23H21ClN6O2. The van der Waals surface area contributed by atoms with E-state index in [1.54, 1.807) is 67.0 Å². The number of likely N-dealkylation sites (tertiary alicyclic amines) is 1. The smallest absolute Gasteiger partial charge is 0.322 e. The second kappa shape index (κ2) is 8.47. The minimum absolute atomic E-state index is 0.122. The first-order chi connectivity index (χ1) is 15.6. The van der Waals surface area contributed by atoms with Gasteiger partial charge in [0.1, 0.15) is 0 Å². The molecule has 2 saturated heterocycles. The Balaban J connectivity index is 1.21. The molecule has 1 aromatic heterocycles. The number of carbonyl (C=O) groups is 2. The summed E-state index contributed by atoms with van der Waals surface area (Å²) in [5.74, 6) is 0.467. The number of urea groups is 1. The zero-order valence-corrected chi connectivity index (χ0v) is 17.9. The number of nitrogens with one attached hydrogen (secondary N) is 2. The minimum Gasteiger partial charge on any atom is -0.334 e. The van der Waals surface area contributed by atoms with E-state index >= 15 is 0 Å². The van der Waals surface area contributed by atoms with E-state index in [2.05, 4.69) is 25.5 Å². The van der Waals surface area contributed by atoms with Gasteiger partial charge in [0.2, 0.25) is 5.95 Å². The third-order valence-corrected chi connectivity index (χ3v) is 6.04. The lowest BCUT2D eigenvalue weighted by atomic mass is 10.2. The number of anilines is 3. The van der Waals surface area contributed by atoms with E-state index in [4.69, 9.17) is 11.6 Å². The Hall–Kier alpha value is -3.65. The number of rotatable bonds is 4. The number of aromatic nitrogens is 2. The molecule has 2 bridgehead atoms. The predicted molar refractivity (Wildman–Crippen MR) is 123 cm³/mol. The van der Waals surface area contributed by atoms with Crippen LogP contribution in [0.4, 0.5) is 22.1 Å². The molecule has 0 spiro atoms. The molecule has 2 fully saturated rings. The van der Waals surface area contributed by atoms with Crippen molar-refractivity contribution in [3.8, 4) is 0 Å². The van der Waals surface area contributed by atoms with Gasteiger partial charge in [-0.25, -0.2) is 14.8 Å². The maximum absolute atomic E-state index is 12.9. The SMILES string of the molecule is O=C(Nc1cccc(NC(=O)N2C[C@H]3C[C@@H]2CN3c2ncccn2)c1)c1ccc(Cl)cc1. The Labute approximate surface area is 190 Å². The summed E-state index contributed by atoms with van der Waals surface area (Å²) in [4.78, 5) is 38.0. The molecule has 162 valence electrons. The van der Waals surface area contributed by atoms with Gasteiger partial charge in [-0.3, -0.25) is 4.79 Å². The number of fused-ring (bicyclic) bond motifs is 2. The first kappa shape index (κ1) is 20.3. The maximum Gasteiger partial charge on any atom is 0.322 e. The third-order valence-electron chi connectivity index (χ3n) is 5.79. The van der Waals surface area contributed by atoms with Crippen molar-refractivity contribution in [3.05, 3.63) is 77.6 Å². The molecule has 2 aliphatic rings. The summed E-state index contributed by atoms with van der Waals surface area (Å²) in [7, 11) is 0. The first-order valence-corrected chi connectivity index (χ1v) is 10.7. The third kappa shape index (κ3) is 4.09. The molecule has 0 radical (unpaired) electrons. The fourth-order valence-electron chi connectivity index (χ4n) is 4.27.